The van der Waals surface area contributed by atoms with Gasteiger partial charge in [0.05, 0.1) is 16.8 Å². The fourth-order valence-electron chi connectivity index (χ4n) is 9.76. The van der Waals surface area contributed by atoms with Crippen molar-refractivity contribution >= 4 is 0 Å². The van der Waals surface area contributed by atoms with E-state index in [4.69, 9.17) is 14.7 Å². The number of hydrogen-bond donors (Lipinski definition) is 0. The Morgan fingerprint density at radius 2 is 0.742 bits per heavy atom. The van der Waals surface area contributed by atoms with Crippen molar-refractivity contribution in [3.63, 3.8) is 0 Å². The molecule has 0 fully saturated rings. The summed E-state index contributed by atoms with van der Waals surface area (Å²) in [7, 11) is 0. The molecule has 1 aliphatic carbocycles. The van der Waals surface area contributed by atoms with Gasteiger partial charge in [-0.05, 0) is 74.3 Å². The number of aromatic nitrogens is 2. The van der Waals surface area contributed by atoms with Crippen LogP contribution in [0.3, 0.4) is 0 Å². The highest BCUT2D eigenvalue weighted by atomic mass is 16.5. The summed E-state index contributed by atoms with van der Waals surface area (Å²) in [6.07, 6.45) is 0. The van der Waals surface area contributed by atoms with Gasteiger partial charge in [-0.3, -0.25) is 0 Å². The van der Waals surface area contributed by atoms with Crippen molar-refractivity contribution in [3.05, 3.63) is 253 Å². The normalized spacial score (nSPS) is 12.8. The summed E-state index contributed by atoms with van der Waals surface area (Å²) in [5.74, 6) is 2.44. The average molecular weight is 791 g/mol. The van der Waals surface area contributed by atoms with E-state index in [-0.39, 0.29) is 0 Å². The molecule has 10 aromatic rings. The molecule has 2 heterocycles. The topological polar surface area (TPSA) is 35.0 Å². The van der Waals surface area contributed by atoms with Crippen molar-refractivity contribution < 1.29 is 4.74 Å². The first-order chi connectivity index (χ1) is 30.7. The van der Waals surface area contributed by atoms with Crippen LogP contribution < -0.4 is 4.74 Å². The molecule has 3 heteroatoms. The number of hydrogen-bond acceptors (Lipinski definition) is 3. The Kier molecular flexibility index (Phi) is 8.39. The SMILES string of the molecule is c1ccc(-c2cccc(-c3cc(-c4ccc(-c5cccc6c5Oc5ccccc5C65c6ccccc6-c6ccccc65)cc4)nc(-c4cccc(-c5ccccc5)c4)n3)c2)cc1. The highest BCUT2D eigenvalue weighted by Gasteiger charge is 2.51. The maximum Gasteiger partial charge on any atom is 0.160 e. The zero-order chi connectivity index (χ0) is 41.0. The first-order valence-corrected chi connectivity index (χ1v) is 21.1. The maximum absolute atomic E-state index is 6.99. The zero-order valence-corrected chi connectivity index (χ0v) is 33.7. The predicted octanol–water partition coefficient (Wildman–Crippen LogP) is 14.9. The lowest BCUT2D eigenvalue weighted by atomic mass is 9.65. The van der Waals surface area contributed by atoms with Gasteiger partial charge in [0.1, 0.15) is 11.5 Å². The van der Waals surface area contributed by atoms with Crippen molar-refractivity contribution in [2.75, 3.05) is 0 Å². The second kappa shape index (κ2) is 14.5. The van der Waals surface area contributed by atoms with Crippen LogP contribution in [-0.2, 0) is 5.41 Å². The van der Waals surface area contributed by atoms with E-state index in [0.29, 0.717) is 5.82 Å². The first kappa shape index (κ1) is 35.8. The summed E-state index contributed by atoms with van der Waals surface area (Å²) in [5.41, 5.74) is 18.3. The highest BCUT2D eigenvalue weighted by Crippen LogP contribution is 2.63. The van der Waals surface area contributed by atoms with Gasteiger partial charge < -0.3 is 4.74 Å². The third-order valence-corrected chi connectivity index (χ3v) is 12.6. The molecular weight excluding hydrogens is 753 g/mol. The molecule has 1 aliphatic heterocycles. The molecular formula is C59H38N2O. The van der Waals surface area contributed by atoms with E-state index in [9.17, 15) is 0 Å². The van der Waals surface area contributed by atoms with Crippen LogP contribution in [0.5, 0.6) is 11.5 Å². The highest BCUT2D eigenvalue weighted by molar-refractivity contribution is 5.90. The van der Waals surface area contributed by atoms with Gasteiger partial charge >= 0.3 is 0 Å². The van der Waals surface area contributed by atoms with Crippen LogP contribution in [-0.4, -0.2) is 9.97 Å². The molecule has 0 amide bonds. The summed E-state index contributed by atoms with van der Waals surface area (Å²) < 4.78 is 6.99. The monoisotopic (exact) mass is 790 g/mol. The fourth-order valence-corrected chi connectivity index (χ4v) is 9.76. The molecule has 12 rings (SSSR count). The van der Waals surface area contributed by atoms with Gasteiger partial charge in [0.2, 0.25) is 0 Å². The number of benzene rings is 9. The Morgan fingerprint density at radius 1 is 0.290 bits per heavy atom. The van der Waals surface area contributed by atoms with Gasteiger partial charge in [0, 0.05) is 33.4 Å². The molecule has 2 aliphatic rings. The number of rotatable bonds is 6. The molecule has 0 atom stereocenters. The largest absolute Gasteiger partial charge is 0.456 e. The predicted molar refractivity (Wildman–Crippen MR) is 252 cm³/mol. The molecule has 3 nitrogen and oxygen atoms in total. The van der Waals surface area contributed by atoms with E-state index in [0.717, 1.165) is 84.1 Å². The van der Waals surface area contributed by atoms with Gasteiger partial charge in [-0.15, -0.1) is 0 Å². The lowest BCUT2D eigenvalue weighted by molar-refractivity contribution is 0.438. The van der Waals surface area contributed by atoms with Gasteiger partial charge in [-0.1, -0.05) is 206 Å². The molecule has 0 unspecified atom stereocenters. The Hall–Kier alpha value is -8.14. The van der Waals surface area contributed by atoms with Gasteiger partial charge in [-0.25, -0.2) is 9.97 Å². The van der Waals surface area contributed by atoms with Gasteiger partial charge in [0.25, 0.3) is 0 Å². The molecule has 1 aromatic heterocycles. The Bertz CT molecular complexity index is 3170. The summed E-state index contributed by atoms with van der Waals surface area (Å²) in [6, 6.07) is 81.9. The van der Waals surface area contributed by atoms with Gasteiger partial charge in [0.15, 0.2) is 5.82 Å². The first-order valence-electron chi connectivity index (χ1n) is 21.1. The van der Waals surface area contributed by atoms with Crippen molar-refractivity contribution in [3.8, 4) is 89.9 Å². The summed E-state index contributed by atoms with van der Waals surface area (Å²) >= 11 is 0. The van der Waals surface area contributed by atoms with Crippen LogP contribution in [0, 0.1) is 0 Å². The van der Waals surface area contributed by atoms with Crippen LogP contribution in [0.2, 0.25) is 0 Å². The molecule has 0 saturated heterocycles. The second-order valence-corrected chi connectivity index (χ2v) is 16.1. The number of para-hydroxylation sites is 2. The summed E-state index contributed by atoms with van der Waals surface area (Å²) in [4.78, 5) is 10.5. The maximum atomic E-state index is 6.99. The molecule has 0 N–H and O–H groups in total. The smallest absolute Gasteiger partial charge is 0.160 e. The molecule has 0 radical (unpaired) electrons. The van der Waals surface area contributed by atoms with E-state index in [2.05, 4.69) is 218 Å². The number of fused-ring (bicyclic) bond motifs is 9. The zero-order valence-electron chi connectivity index (χ0n) is 33.7. The number of nitrogens with zero attached hydrogens (tertiary/aromatic N) is 2. The van der Waals surface area contributed by atoms with Crippen LogP contribution >= 0.6 is 0 Å². The van der Waals surface area contributed by atoms with Crippen molar-refractivity contribution in [1.29, 1.82) is 0 Å². The molecule has 9 aromatic carbocycles. The van der Waals surface area contributed by atoms with Crippen LogP contribution in [0.25, 0.3) is 78.4 Å². The molecule has 1 spiro atoms. The van der Waals surface area contributed by atoms with E-state index in [1.165, 1.54) is 22.3 Å². The van der Waals surface area contributed by atoms with Gasteiger partial charge in [-0.2, -0.15) is 0 Å². The Balaban J connectivity index is 0.987. The average Bonchev–Trinajstić information content (AvgIpc) is 3.65. The van der Waals surface area contributed by atoms with Crippen LogP contribution in [0.1, 0.15) is 22.3 Å². The minimum atomic E-state index is -0.517. The minimum absolute atomic E-state index is 0.517. The van der Waals surface area contributed by atoms with Crippen LogP contribution in [0.4, 0.5) is 0 Å². The Labute approximate surface area is 361 Å². The standard InChI is InChI=1S/C59H38N2O/c1-3-16-39(17-4-1)43-20-13-22-45(36-43)55-38-54(60-58(61-55)46-23-14-21-44(37-46)40-18-5-2-6-19-40)42-34-32-41(33-35-42)47-26-15-30-53-57(47)62-56-31-12-11-29-52(56)59(53)50-27-9-7-24-48(50)49-25-8-10-28-51(49)59/h1-38H. The molecule has 62 heavy (non-hydrogen) atoms. The van der Waals surface area contributed by atoms with E-state index in [1.54, 1.807) is 0 Å². The lowest BCUT2D eigenvalue weighted by Crippen LogP contribution is -2.32. The minimum Gasteiger partial charge on any atom is -0.456 e. The molecule has 0 bridgehead atoms. The van der Waals surface area contributed by atoms with E-state index < -0.39 is 5.41 Å². The lowest BCUT2D eigenvalue weighted by Gasteiger charge is -2.40. The second-order valence-electron chi connectivity index (χ2n) is 16.1. The summed E-state index contributed by atoms with van der Waals surface area (Å²) in [5, 5.41) is 0. The van der Waals surface area contributed by atoms with Crippen LogP contribution in [0.15, 0.2) is 231 Å². The molecule has 290 valence electrons. The summed E-state index contributed by atoms with van der Waals surface area (Å²) in [6.45, 7) is 0. The van der Waals surface area contributed by atoms with Crippen molar-refractivity contribution in [1.82, 2.24) is 9.97 Å². The Morgan fingerprint density at radius 3 is 1.40 bits per heavy atom. The molecule has 0 saturated carbocycles. The third-order valence-electron chi connectivity index (χ3n) is 12.6. The van der Waals surface area contributed by atoms with Crippen molar-refractivity contribution in [2.45, 2.75) is 5.41 Å². The quantitative estimate of drug-likeness (QED) is 0.168. The third kappa shape index (κ3) is 5.74. The van der Waals surface area contributed by atoms with E-state index in [1.807, 2.05) is 12.1 Å². The van der Waals surface area contributed by atoms with Crippen molar-refractivity contribution in [2.24, 2.45) is 0 Å². The fraction of sp³-hybridized carbons (Fsp3) is 0.0169. The van der Waals surface area contributed by atoms with E-state index >= 15 is 0 Å². The number of ether oxygens (including phenoxy) is 1.